The van der Waals surface area contributed by atoms with Crippen molar-refractivity contribution in [3.63, 3.8) is 0 Å². The van der Waals surface area contributed by atoms with Crippen LogP contribution in [0.4, 0.5) is 0 Å². The smallest absolute Gasteiger partial charge is 0.208 e. The molecule has 0 radical (unpaired) electrons. The molecule has 0 heterocycles. The number of unbranched alkanes of at least 4 members (excludes halogenated alkanes) is 1. The molecule has 2 atom stereocenters. The summed E-state index contributed by atoms with van der Waals surface area (Å²) in [6, 6.07) is 0.537. The molecule has 0 aliphatic rings. The van der Waals surface area contributed by atoms with Gasteiger partial charge in [0.25, 0.3) is 0 Å². The van der Waals surface area contributed by atoms with Crippen molar-refractivity contribution in [2.45, 2.75) is 59.0 Å². The molecule has 0 saturated carbocycles. The van der Waals surface area contributed by atoms with Crippen LogP contribution < -0.4 is 11.3 Å². The van der Waals surface area contributed by atoms with Gasteiger partial charge in [0.05, 0.1) is 12.6 Å². The van der Waals surface area contributed by atoms with E-state index < -0.39 is 0 Å². The Morgan fingerprint density at radius 1 is 1.39 bits per heavy atom. The Labute approximate surface area is 112 Å². The lowest BCUT2D eigenvalue weighted by molar-refractivity contribution is 0.184. The predicted octanol–water partition coefficient (Wildman–Crippen LogP) is 1.74. The molecule has 2 unspecified atom stereocenters. The minimum atomic E-state index is 0.106. The van der Waals surface area contributed by atoms with Crippen LogP contribution in [-0.4, -0.2) is 43.2 Å². The van der Waals surface area contributed by atoms with Crippen molar-refractivity contribution in [2.75, 3.05) is 20.3 Å². The number of aliphatic imine (C=N–C) groups is 1. The second-order valence-electron chi connectivity index (χ2n) is 4.71. The van der Waals surface area contributed by atoms with Gasteiger partial charge in [-0.05, 0) is 26.7 Å². The second kappa shape index (κ2) is 10.1. The highest BCUT2D eigenvalue weighted by molar-refractivity contribution is 5.79. The molecule has 18 heavy (non-hydrogen) atoms. The van der Waals surface area contributed by atoms with E-state index in [0.717, 1.165) is 25.3 Å². The van der Waals surface area contributed by atoms with Crippen molar-refractivity contribution in [3.8, 4) is 0 Å². The van der Waals surface area contributed by atoms with Gasteiger partial charge < -0.3 is 9.64 Å². The van der Waals surface area contributed by atoms with E-state index in [2.05, 4.69) is 36.1 Å². The molecule has 0 amide bonds. The maximum absolute atomic E-state index is 5.62. The van der Waals surface area contributed by atoms with Gasteiger partial charge in [0.2, 0.25) is 5.96 Å². The number of hydrogen-bond donors (Lipinski definition) is 2. The van der Waals surface area contributed by atoms with Gasteiger partial charge in [-0.15, -0.1) is 0 Å². The van der Waals surface area contributed by atoms with Crippen molar-refractivity contribution < 1.29 is 4.74 Å². The summed E-state index contributed by atoms with van der Waals surface area (Å²) in [7, 11) is 1.69. The summed E-state index contributed by atoms with van der Waals surface area (Å²) in [4.78, 5) is 6.83. The number of rotatable bonds is 8. The molecular formula is C13H30N4O. The number of nitrogens with zero attached hydrogens (tertiary/aromatic N) is 2. The van der Waals surface area contributed by atoms with Crippen molar-refractivity contribution in [3.05, 3.63) is 0 Å². The third kappa shape index (κ3) is 6.21. The minimum Gasteiger partial charge on any atom is -0.382 e. The molecule has 5 heteroatoms. The number of guanidine groups is 1. The fourth-order valence-electron chi connectivity index (χ4n) is 1.77. The molecule has 0 aromatic carbocycles. The van der Waals surface area contributed by atoms with Crippen LogP contribution in [0.15, 0.2) is 4.99 Å². The molecule has 0 aromatic heterocycles. The highest BCUT2D eigenvalue weighted by Gasteiger charge is 2.16. The molecule has 3 N–H and O–H groups in total. The molecule has 0 aliphatic heterocycles. The zero-order valence-electron chi connectivity index (χ0n) is 12.6. The van der Waals surface area contributed by atoms with Gasteiger partial charge in [-0.25, -0.2) is 10.8 Å². The van der Waals surface area contributed by atoms with Gasteiger partial charge >= 0.3 is 0 Å². The molecule has 0 spiro atoms. The maximum Gasteiger partial charge on any atom is 0.208 e. The van der Waals surface area contributed by atoms with E-state index in [4.69, 9.17) is 10.6 Å². The van der Waals surface area contributed by atoms with Crippen molar-refractivity contribution in [1.29, 1.82) is 0 Å². The Hall–Kier alpha value is -0.810. The Morgan fingerprint density at radius 3 is 2.50 bits per heavy atom. The molecule has 0 aliphatic carbocycles. The average molecular weight is 258 g/mol. The Kier molecular flexibility index (Phi) is 9.69. The lowest BCUT2D eigenvalue weighted by atomic mass is 10.2. The summed E-state index contributed by atoms with van der Waals surface area (Å²) in [5.74, 6) is 6.39. The highest BCUT2D eigenvalue weighted by atomic mass is 16.5. The number of hydrogen-bond acceptors (Lipinski definition) is 3. The first-order chi connectivity index (χ1) is 8.60. The number of nitrogens with two attached hydrogens (primary N) is 1. The van der Waals surface area contributed by atoms with E-state index in [9.17, 15) is 0 Å². The van der Waals surface area contributed by atoms with E-state index in [-0.39, 0.29) is 6.04 Å². The van der Waals surface area contributed by atoms with Crippen molar-refractivity contribution in [2.24, 2.45) is 10.8 Å². The second-order valence-corrected chi connectivity index (χ2v) is 4.71. The largest absolute Gasteiger partial charge is 0.382 e. The van der Waals surface area contributed by atoms with Crippen LogP contribution in [0.1, 0.15) is 47.0 Å². The fourth-order valence-corrected chi connectivity index (χ4v) is 1.77. The van der Waals surface area contributed by atoms with Gasteiger partial charge in [-0.3, -0.25) is 5.43 Å². The number of methoxy groups -OCH3 is 1. The molecule has 0 fully saturated rings. The van der Waals surface area contributed by atoms with Crippen LogP contribution in [0.3, 0.4) is 0 Å². The zero-order chi connectivity index (χ0) is 14.0. The molecule has 0 saturated heterocycles. The van der Waals surface area contributed by atoms with Crippen LogP contribution in [0, 0.1) is 0 Å². The zero-order valence-corrected chi connectivity index (χ0v) is 12.6. The van der Waals surface area contributed by atoms with Crippen LogP contribution >= 0.6 is 0 Å². The van der Waals surface area contributed by atoms with Gasteiger partial charge in [-0.2, -0.15) is 0 Å². The lowest BCUT2D eigenvalue weighted by Gasteiger charge is -2.31. The number of ether oxygens (including phenoxy) is 1. The van der Waals surface area contributed by atoms with E-state index >= 15 is 0 Å². The normalized spacial score (nSPS) is 15.3. The van der Waals surface area contributed by atoms with Crippen LogP contribution in [0.25, 0.3) is 0 Å². The van der Waals surface area contributed by atoms with Gasteiger partial charge in [0.1, 0.15) is 0 Å². The molecule has 5 nitrogen and oxygen atoms in total. The summed E-state index contributed by atoms with van der Waals surface area (Å²) in [6.07, 6.45) is 3.38. The molecule has 0 rings (SSSR count). The summed E-state index contributed by atoms with van der Waals surface area (Å²) in [5.41, 5.74) is 2.74. The van der Waals surface area contributed by atoms with Gasteiger partial charge in [0, 0.05) is 19.7 Å². The minimum absolute atomic E-state index is 0.106. The predicted molar refractivity (Wildman–Crippen MR) is 77.5 cm³/mol. The first-order valence-corrected chi connectivity index (χ1v) is 6.90. The standard InChI is InChI=1S/C13H30N4O/c1-6-8-9-17(12(4)7-2)13(16-14)15-11(3)10-18-5/h11-12H,6-10,14H2,1-5H3,(H,15,16). The van der Waals surface area contributed by atoms with E-state index in [1.165, 1.54) is 6.42 Å². The van der Waals surface area contributed by atoms with E-state index in [1.807, 2.05) is 6.92 Å². The third-order valence-electron chi connectivity index (χ3n) is 3.03. The highest BCUT2D eigenvalue weighted by Crippen LogP contribution is 2.07. The molecular weight excluding hydrogens is 228 g/mol. The number of hydrazine groups is 1. The third-order valence-corrected chi connectivity index (χ3v) is 3.03. The van der Waals surface area contributed by atoms with Crippen LogP contribution in [-0.2, 0) is 4.74 Å². The summed E-state index contributed by atoms with van der Waals surface area (Å²) < 4.78 is 5.10. The average Bonchev–Trinajstić information content (AvgIpc) is 2.37. The Balaban J connectivity index is 4.77. The van der Waals surface area contributed by atoms with Crippen LogP contribution in [0.5, 0.6) is 0 Å². The topological polar surface area (TPSA) is 62.9 Å². The first kappa shape index (κ1) is 17.2. The Morgan fingerprint density at radius 2 is 2.06 bits per heavy atom. The fraction of sp³-hybridized carbons (Fsp3) is 0.923. The molecule has 0 bridgehead atoms. The first-order valence-electron chi connectivity index (χ1n) is 6.90. The number of nitrogens with one attached hydrogen (secondary N) is 1. The summed E-state index contributed by atoms with van der Waals surface area (Å²) in [5, 5.41) is 0. The van der Waals surface area contributed by atoms with Crippen LogP contribution in [0.2, 0.25) is 0 Å². The van der Waals surface area contributed by atoms with Crippen molar-refractivity contribution >= 4 is 5.96 Å². The summed E-state index contributed by atoms with van der Waals surface area (Å²) in [6.45, 7) is 10.2. The Bertz CT molecular complexity index is 233. The van der Waals surface area contributed by atoms with Crippen molar-refractivity contribution in [1.82, 2.24) is 10.3 Å². The summed E-state index contributed by atoms with van der Waals surface area (Å²) >= 11 is 0. The maximum atomic E-state index is 5.62. The lowest BCUT2D eigenvalue weighted by Crippen LogP contribution is -2.49. The molecule has 0 aromatic rings. The quantitative estimate of drug-likeness (QED) is 0.301. The van der Waals surface area contributed by atoms with Gasteiger partial charge in [-0.1, -0.05) is 20.3 Å². The van der Waals surface area contributed by atoms with E-state index in [0.29, 0.717) is 12.6 Å². The SMILES string of the molecule is CCCCN(C(=NC(C)COC)NN)C(C)CC. The molecule has 108 valence electrons. The monoisotopic (exact) mass is 258 g/mol. The van der Waals surface area contributed by atoms with Gasteiger partial charge in [0.15, 0.2) is 0 Å². The van der Waals surface area contributed by atoms with E-state index in [1.54, 1.807) is 7.11 Å².